The number of rotatable bonds is 4. The molecule has 1 aromatic rings. The number of nitrogens with one attached hydrogen (secondary N) is 2. The molecule has 0 spiro atoms. The number of aromatic amines is 1. The second-order valence-electron chi connectivity index (χ2n) is 3.73. The molecular weight excluding hydrogens is 212 g/mol. The minimum Gasteiger partial charge on any atom is -0.409 e. The summed E-state index contributed by atoms with van der Waals surface area (Å²) in [5, 5.41) is 20.2. The fourth-order valence-electron chi connectivity index (χ4n) is 0.942. The van der Waals surface area contributed by atoms with Gasteiger partial charge >= 0.3 is 0 Å². The van der Waals surface area contributed by atoms with Gasteiger partial charge in [0, 0.05) is 0 Å². The molecule has 0 unspecified atom stereocenters. The second kappa shape index (κ2) is 4.60. The molecule has 0 bridgehead atoms. The first-order chi connectivity index (χ1) is 7.48. The van der Waals surface area contributed by atoms with Crippen molar-refractivity contribution in [2.45, 2.75) is 20.4 Å². The van der Waals surface area contributed by atoms with E-state index >= 15 is 0 Å². The number of nitrogens with two attached hydrogens (primary N) is 1. The van der Waals surface area contributed by atoms with Crippen LogP contribution in [0.1, 0.15) is 19.7 Å². The summed E-state index contributed by atoms with van der Waals surface area (Å²) in [5.41, 5.74) is 4.33. The number of aromatic nitrogens is 3. The van der Waals surface area contributed by atoms with Crippen LogP contribution in [0, 0.1) is 5.41 Å². The average Bonchev–Trinajstić information content (AvgIpc) is 2.77. The summed E-state index contributed by atoms with van der Waals surface area (Å²) in [6.07, 6.45) is 1.34. The molecule has 88 valence electrons. The molecule has 0 aliphatic carbocycles. The van der Waals surface area contributed by atoms with Crippen molar-refractivity contribution < 1.29 is 10.0 Å². The number of carbonyl (C=O) groups is 1. The van der Waals surface area contributed by atoms with Crippen LogP contribution in [0.2, 0.25) is 0 Å². The fraction of sp³-hybridized carbons (Fsp3) is 0.500. The predicted molar refractivity (Wildman–Crippen MR) is 55.4 cm³/mol. The van der Waals surface area contributed by atoms with Gasteiger partial charge in [-0.1, -0.05) is 5.16 Å². The maximum absolute atomic E-state index is 11.7. The number of oxime groups is 1. The van der Waals surface area contributed by atoms with Gasteiger partial charge in [-0.2, -0.15) is 5.10 Å². The van der Waals surface area contributed by atoms with Crippen molar-refractivity contribution in [3.05, 3.63) is 12.2 Å². The van der Waals surface area contributed by atoms with E-state index < -0.39 is 5.41 Å². The number of hydrogen-bond acceptors (Lipinski definition) is 5. The lowest BCUT2D eigenvalue weighted by molar-refractivity contribution is -0.126. The Morgan fingerprint density at radius 2 is 2.44 bits per heavy atom. The van der Waals surface area contributed by atoms with Crippen molar-refractivity contribution >= 4 is 11.7 Å². The summed E-state index contributed by atoms with van der Waals surface area (Å²) in [7, 11) is 0. The predicted octanol–water partition coefficient (Wildman–Crippen LogP) is -0.806. The normalized spacial score (nSPS) is 12.5. The third kappa shape index (κ3) is 2.47. The van der Waals surface area contributed by atoms with E-state index in [2.05, 4.69) is 25.7 Å². The number of H-pyrrole nitrogens is 1. The maximum atomic E-state index is 11.7. The van der Waals surface area contributed by atoms with Crippen LogP contribution in [-0.4, -0.2) is 32.1 Å². The van der Waals surface area contributed by atoms with Gasteiger partial charge in [-0.25, -0.2) is 4.98 Å². The Bertz CT molecular complexity index is 383. The Kier molecular flexibility index (Phi) is 3.44. The zero-order valence-corrected chi connectivity index (χ0v) is 9.06. The summed E-state index contributed by atoms with van der Waals surface area (Å²) in [5.74, 6) is 0.0189. The Morgan fingerprint density at radius 1 is 1.75 bits per heavy atom. The van der Waals surface area contributed by atoms with E-state index in [1.807, 2.05) is 0 Å². The van der Waals surface area contributed by atoms with E-state index in [1.165, 1.54) is 6.33 Å². The molecule has 1 rings (SSSR count). The molecule has 0 saturated carbocycles. The SMILES string of the molecule is CC(C)(C(=O)NCc1ncn[nH]1)C(N)=NO. The Morgan fingerprint density at radius 3 is 2.94 bits per heavy atom. The summed E-state index contributed by atoms with van der Waals surface area (Å²) in [6.45, 7) is 3.32. The van der Waals surface area contributed by atoms with Crippen molar-refractivity contribution in [3.63, 3.8) is 0 Å². The first kappa shape index (κ1) is 12.0. The maximum Gasteiger partial charge on any atom is 0.233 e. The number of hydrogen-bond donors (Lipinski definition) is 4. The van der Waals surface area contributed by atoms with Crippen LogP contribution in [0.15, 0.2) is 11.5 Å². The van der Waals surface area contributed by atoms with Crippen molar-refractivity contribution in [2.75, 3.05) is 0 Å². The molecule has 8 heteroatoms. The van der Waals surface area contributed by atoms with Gasteiger partial charge < -0.3 is 16.3 Å². The monoisotopic (exact) mass is 226 g/mol. The molecule has 1 heterocycles. The first-order valence-corrected chi connectivity index (χ1v) is 4.59. The van der Waals surface area contributed by atoms with Gasteiger partial charge in [-0.3, -0.25) is 9.89 Å². The zero-order valence-electron chi connectivity index (χ0n) is 9.06. The highest BCUT2D eigenvalue weighted by Gasteiger charge is 2.32. The van der Waals surface area contributed by atoms with Crippen LogP contribution in [0.25, 0.3) is 0 Å². The van der Waals surface area contributed by atoms with Crippen LogP contribution < -0.4 is 11.1 Å². The molecule has 8 nitrogen and oxygen atoms in total. The summed E-state index contributed by atoms with van der Waals surface area (Å²) in [6, 6.07) is 0. The van der Waals surface area contributed by atoms with E-state index in [0.717, 1.165) is 0 Å². The largest absolute Gasteiger partial charge is 0.409 e. The molecule has 0 saturated heterocycles. The van der Waals surface area contributed by atoms with E-state index in [9.17, 15) is 4.79 Å². The highest BCUT2D eigenvalue weighted by molar-refractivity contribution is 6.05. The van der Waals surface area contributed by atoms with Gasteiger partial charge in [0.2, 0.25) is 5.91 Å². The molecule has 0 aliphatic heterocycles. The lowest BCUT2D eigenvalue weighted by Crippen LogP contribution is -2.45. The minimum atomic E-state index is -1.07. The summed E-state index contributed by atoms with van der Waals surface area (Å²) in [4.78, 5) is 15.6. The third-order valence-electron chi connectivity index (χ3n) is 2.20. The van der Waals surface area contributed by atoms with Gasteiger partial charge in [0.1, 0.15) is 17.6 Å². The van der Waals surface area contributed by atoms with Crippen LogP contribution in [0.4, 0.5) is 0 Å². The quantitative estimate of drug-likeness (QED) is 0.231. The van der Waals surface area contributed by atoms with Crippen molar-refractivity contribution in [1.82, 2.24) is 20.5 Å². The highest BCUT2D eigenvalue weighted by atomic mass is 16.4. The van der Waals surface area contributed by atoms with Crippen LogP contribution in [0.5, 0.6) is 0 Å². The molecular formula is C8H14N6O2. The van der Waals surface area contributed by atoms with Crippen LogP contribution in [0.3, 0.4) is 0 Å². The topological polar surface area (TPSA) is 129 Å². The standard InChI is InChI=1S/C8H14N6O2/c1-8(2,6(9)14-16)7(15)10-3-5-11-4-12-13-5/h4,16H,3H2,1-2H3,(H2,9,14)(H,10,15)(H,11,12,13). The number of amidine groups is 1. The van der Waals surface area contributed by atoms with E-state index in [1.54, 1.807) is 13.8 Å². The number of carbonyl (C=O) groups excluding carboxylic acids is 1. The Labute approximate surface area is 91.9 Å². The Balaban J connectivity index is 2.59. The molecule has 1 aromatic heterocycles. The lowest BCUT2D eigenvalue weighted by atomic mass is 9.91. The smallest absolute Gasteiger partial charge is 0.233 e. The fourth-order valence-corrected chi connectivity index (χ4v) is 0.942. The summed E-state index contributed by atoms with van der Waals surface area (Å²) >= 11 is 0. The zero-order chi connectivity index (χ0) is 12.2. The van der Waals surface area contributed by atoms with E-state index in [0.29, 0.717) is 5.82 Å². The molecule has 1 amide bonds. The molecule has 0 aliphatic rings. The first-order valence-electron chi connectivity index (χ1n) is 4.59. The summed E-state index contributed by atoms with van der Waals surface area (Å²) < 4.78 is 0. The molecule has 0 radical (unpaired) electrons. The van der Waals surface area contributed by atoms with Gasteiger partial charge in [-0.15, -0.1) is 0 Å². The third-order valence-corrected chi connectivity index (χ3v) is 2.20. The molecule has 5 N–H and O–H groups in total. The lowest BCUT2D eigenvalue weighted by Gasteiger charge is -2.21. The Hall–Kier alpha value is -2.12. The second-order valence-corrected chi connectivity index (χ2v) is 3.73. The highest BCUT2D eigenvalue weighted by Crippen LogP contribution is 2.15. The van der Waals surface area contributed by atoms with Crippen molar-refractivity contribution in [3.8, 4) is 0 Å². The van der Waals surface area contributed by atoms with E-state index in [-0.39, 0.29) is 18.3 Å². The van der Waals surface area contributed by atoms with E-state index in [4.69, 9.17) is 10.9 Å². The molecule has 16 heavy (non-hydrogen) atoms. The van der Waals surface area contributed by atoms with Gasteiger partial charge in [0.25, 0.3) is 0 Å². The minimum absolute atomic E-state index is 0.150. The van der Waals surface area contributed by atoms with Crippen molar-refractivity contribution in [1.29, 1.82) is 0 Å². The van der Waals surface area contributed by atoms with Gasteiger partial charge in [0.15, 0.2) is 5.84 Å². The average molecular weight is 226 g/mol. The number of nitrogens with zero attached hydrogens (tertiary/aromatic N) is 3. The van der Waals surface area contributed by atoms with Gasteiger partial charge in [-0.05, 0) is 13.8 Å². The molecule has 0 fully saturated rings. The molecule has 0 aromatic carbocycles. The number of amides is 1. The van der Waals surface area contributed by atoms with Gasteiger partial charge in [0.05, 0.1) is 6.54 Å². The van der Waals surface area contributed by atoms with Crippen LogP contribution >= 0.6 is 0 Å². The van der Waals surface area contributed by atoms with Crippen LogP contribution in [-0.2, 0) is 11.3 Å². The van der Waals surface area contributed by atoms with Crippen molar-refractivity contribution in [2.24, 2.45) is 16.3 Å². The molecule has 0 atom stereocenters.